The molecule has 0 unspecified atom stereocenters. The molecule has 0 amide bonds. The van der Waals surface area contributed by atoms with E-state index in [-0.39, 0.29) is 24.0 Å². The minimum Gasteiger partial charge on any atom is -1.00 e. The van der Waals surface area contributed by atoms with E-state index in [4.69, 9.17) is 5.41 Å². The summed E-state index contributed by atoms with van der Waals surface area (Å²) < 4.78 is 0. The Labute approximate surface area is 134 Å². The molecule has 0 aliphatic rings. The molecule has 0 aliphatic heterocycles. The van der Waals surface area contributed by atoms with E-state index in [1.807, 2.05) is 66.9 Å². The van der Waals surface area contributed by atoms with E-state index >= 15 is 0 Å². The molecule has 2 nitrogen and oxygen atoms in total. The van der Waals surface area contributed by atoms with Crippen molar-refractivity contribution in [1.29, 1.82) is 0 Å². The number of nitrogens with two attached hydrogens (primary N) is 1. The van der Waals surface area contributed by atoms with Crippen LogP contribution in [0, 0.1) is 0 Å². The fraction of sp³-hybridized carbons (Fsp3) is 0.0667. The lowest BCUT2D eigenvalue weighted by Gasteiger charge is -1.97. The number of rotatable bonds is 2. The third-order valence-electron chi connectivity index (χ3n) is 2.51. The van der Waals surface area contributed by atoms with Gasteiger partial charge in [0.1, 0.15) is 0 Å². The van der Waals surface area contributed by atoms with Crippen LogP contribution in [0.5, 0.6) is 0 Å². The Balaban J connectivity index is 0.00000180. The smallest absolute Gasteiger partial charge is 0.322 e. The van der Waals surface area contributed by atoms with Gasteiger partial charge in [-0.1, -0.05) is 48.2 Å². The van der Waals surface area contributed by atoms with E-state index < -0.39 is 0 Å². The Bertz CT molecular complexity index is 553. The predicted octanol–water partition coefficient (Wildman–Crippen LogP) is -0.994. The van der Waals surface area contributed by atoms with Crippen LogP contribution in [0.2, 0.25) is 0 Å². The van der Waals surface area contributed by atoms with Gasteiger partial charge in [0.05, 0.1) is 5.56 Å². The molecule has 19 heavy (non-hydrogen) atoms. The van der Waals surface area contributed by atoms with E-state index in [0.29, 0.717) is 5.84 Å². The molecule has 98 valence electrons. The summed E-state index contributed by atoms with van der Waals surface area (Å²) in [6.07, 6.45) is 2.00. The highest BCUT2D eigenvalue weighted by molar-refractivity contribution is 8.13. The number of aliphatic imine (C=N–C) groups is 1. The number of nitrogens with zero attached hydrogens (tertiary/aromatic N) is 1. The summed E-state index contributed by atoms with van der Waals surface area (Å²) in [6.45, 7) is 0. The number of amidine groups is 1. The maximum atomic E-state index is 6.02. The highest BCUT2D eigenvalue weighted by Gasteiger charge is 2.12. The lowest BCUT2D eigenvalue weighted by Crippen LogP contribution is -3.00. The molecule has 0 radical (unpaired) electrons. The Hall–Kier alpha value is -1.14. The molecule has 4 heteroatoms. The van der Waals surface area contributed by atoms with Crippen molar-refractivity contribution in [2.75, 3.05) is 6.26 Å². The molecular weight excluding hydrogens is 367 g/mol. The maximum Gasteiger partial charge on any atom is 0.322 e. The molecule has 0 saturated carbocycles. The molecular formula is C15H15IN2S. The van der Waals surface area contributed by atoms with E-state index in [9.17, 15) is 0 Å². The van der Waals surface area contributed by atoms with Crippen LogP contribution in [0.4, 0.5) is 0 Å². The molecule has 0 atom stereocenters. The van der Waals surface area contributed by atoms with Crippen LogP contribution in [0.3, 0.4) is 0 Å². The minimum atomic E-state index is 0. The van der Waals surface area contributed by atoms with Gasteiger partial charge in [0, 0.05) is 5.56 Å². The van der Waals surface area contributed by atoms with Crippen molar-refractivity contribution in [2.24, 2.45) is 4.99 Å². The van der Waals surface area contributed by atoms with Gasteiger partial charge in [-0.05, 0) is 35.5 Å². The second kappa shape index (κ2) is 8.12. The summed E-state index contributed by atoms with van der Waals surface area (Å²) in [6, 6.07) is 19.9. The average molecular weight is 382 g/mol. The Morgan fingerprint density at radius 2 is 1.37 bits per heavy atom. The molecule has 0 spiro atoms. The van der Waals surface area contributed by atoms with Crippen molar-refractivity contribution in [1.82, 2.24) is 0 Å². The monoisotopic (exact) mass is 382 g/mol. The number of hydrogen-bond donors (Lipinski definition) is 1. The largest absolute Gasteiger partial charge is 1.00 e. The molecule has 2 aromatic rings. The second-order valence-electron chi connectivity index (χ2n) is 3.74. The molecule has 2 aromatic carbocycles. The third-order valence-corrected chi connectivity index (χ3v) is 3.22. The van der Waals surface area contributed by atoms with Crippen LogP contribution in [-0.4, -0.2) is 17.1 Å². The molecule has 0 bridgehead atoms. The first kappa shape index (κ1) is 15.9. The van der Waals surface area contributed by atoms with E-state index in [1.165, 1.54) is 0 Å². The van der Waals surface area contributed by atoms with Crippen molar-refractivity contribution >= 4 is 22.6 Å². The van der Waals surface area contributed by atoms with E-state index in [2.05, 4.69) is 4.99 Å². The van der Waals surface area contributed by atoms with E-state index in [0.717, 1.165) is 16.2 Å². The summed E-state index contributed by atoms with van der Waals surface area (Å²) in [5, 5.41) is 6.95. The van der Waals surface area contributed by atoms with Crippen LogP contribution in [0.25, 0.3) is 0 Å². The van der Waals surface area contributed by atoms with Gasteiger partial charge in [-0.3, -0.25) is 5.41 Å². The maximum absolute atomic E-state index is 6.02. The number of benzene rings is 2. The summed E-state index contributed by atoms with van der Waals surface area (Å²) in [5.41, 5.74) is 2.03. The van der Waals surface area contributed by atoms with Crippen LogP contribution >= 0.6 is 11.8 Å². The van der Waals surface area contributed by atoms with Gasteiger partial charge in [0.25, 0.3) is 0 Å². The molecule has 2 N–H and O–H groups in total. The van der Waals surface area contributed by atoms with Crippen molar-refractivity contribution in [3.63, 3.8) is 0 Å². The summed E-state index contributed by atoms with van der Waals surface area (Å²) in [7, 11) is 0. The molecule has 0 aliphatic carbocycles. The summed E-state index contributed by atoms with van der Waals surface area (Å²) in [4.78, 5) is 4.51. The lowest BCUT2D eigenvalue weighted by molar-refractivity contribution is -0.113. The normalized spacial score (nSPS) is 10.7. The van der Waals surface area contributed by atoms with Crippen molar-refractivity contribution < 1.29 is 29.4 Å². The highest BCUT2D eigenvalue weighted by atomic mass is 127. The van der Waals surface area contributed by atoms with Gasteiger partial charge in [-0.2, -0.15) is 0 Å². The number of halogens is 1. The lowest BCUT2D eigenvalue weighted by atomic mass is 10.2. The van der Waals surface area contributed by atoms with Gasteiger partial charge in [-0.25, -0.2) is 0 Å². The highest BCUT2D eigenvalue weighted by Crippen LogP contribution is 2.12. The molecule has 2 rings (SSSR count). The quantitative estimate of drug-likeness (QED) is 0.404. The van der Waals surface area contributed by atoms with Crippen LogP contribution in [0.1, 0.15) is 11.1 Å². The van der Waals surface area contributed by atoms with Gasteiger partial charge < -0.3 is 24.0 Å². The van der Waals surface area contributed by atoms with Crippen molar-refractivity contribution in [2.45, 2.75) is 0 Å². The number of hydrogen-bond acceptors (Lipinski definition) is 1. The SMILES string of the molecule is CSC(=NC(=[NH2+])c1ccccc1)c1ccccc1.[I-]. The fourth-order valence-corrected chi connectivity index (χ4v) is 2.15. The summed E-state index contributed by atoms with van der Waals surface area (Å²) >= 11 is 1.60. The topological polar surface area (TPSA) is 38.0 Å². The fourth-order valence-electron chi connectivity index (χ4n) is 1.59. The Kier molecular flexibility index (Phi) is 6.80. The average Bonchev–Trinajstić information content (AvgIpc) is 2.46. The Morgan fingerprint density at radius 1 is 0.895 bits per heavy atom. The van der Waals surface area contributed by atoms with Crippen LogP contribution in [0.15, 0.2) is 65.7 Å². The van der Waals surface area contributed by atoms with Gasteiger partial charge in [0.2, 0.25) is 5.04 Å². The first-order valence-electron chi connectivity index (χ1n) is 5.67. The minimum absolute atomic E-state index is 0. The van der Waals surface area contributed by atoms with Crippen molar-refractivity contribution in [3.05, 3.63) is 71.8 Å². The zero-order valence-electron chi connectivity index (χ0n) is 10.6. The first-order valence-corrected chi connectivity index (χ1v) is 6.89. The van der Waals surface area contributed by atoms with Crippen molar-refractivity contribution in [3.8, 4) is 0 Å². The van der Waals surface area contributed by atoms with E-state index in [1.54, 1.807) is 11.8 Å². The van der Waals surface area contributed by atoms with Gasteiger partial charge in [0.15, 0.2) is 0 Å². The summed E-state index contributed by atoms with van der Waals surface area (Å²) in [5.74, 6) is 0.545. The second-order valence-corrected chi connectivity index (χ2v) is 4.53. The molecule has 0 saturated heterocycles. The van der Waals surface area contributed by atoms with Gasteiger partial charge in [-0.15, -0.1) is 0 Å². The molecule has 0 aromatic heterocycles. The standard InChI is InChI=1S/C15H14N2S.HI/c1-18-15(13-10-6-3-7-11-13)17-14(16)12-8-4-2-5-9-12;/h2-11,16H,1H3;1H. The van der Waals surface area contributed by atoms with Crippen LogP contribution in [-0.2, 0) is 0 Å². The first-order chi connectivity index (χ1) is 8.81. The molecule has 0 heterocycles. The Morgan fingerprint density at radius 3 is 1.84 bits per heavy atom. The van der Waals surface area contributed by atoms with Gasteiger partial charge >= 0.3 is 5.84 Å². The predicted molar refractivity (Wildman–Crippen MR) is 79.0 cm³/mol. The third kappa shape index (κ3) is 4.47. The zero-order valence-corrected chi connectivity index (χ0v) is 13.6. The van der Waals surface area contributed by atoms with Crippen LogP contribution < -0.4 is 29.4 Å². The number of thioether (sulfide) groups is 1. The molecule has 0 fully saturated rings. The zero-order chi connectivity index (χ0) is 12.8.